The van der Waals surface area contributed by atoms with E-state index in [1.165, 1.54) is 18.4 Å². The molecule has 0 saturated heterocycles. The molecule has 0 N–H and O–H groups in total. The Morgan fingerprint density at radius 1 is 1.00 bits per heavy atom. The average molecular weight is 224 g/mol. The van der Waals surface area contributed by atoms with Crippen molar-refractivity contribution in [2.45, 2.75) is 78.4 Å². The molecule has 0 atom stereocenters. The number of hydrogen-bond acceptors (Lipinski definition) is 1. The molecule has 0 radical (unpaired) electrons. The second-order valence-electron chi connectivity index (χ2n) is 7.14. The molecule has 1 rings (SSSR count). The van der Waals surface area contributed by atoms with Crippen LogP contribution in [0.25, 0.3) is 0 Å². The van der Waals surface area contributed by atoms with E-state index in [4.69, 9.17) is 4.74 Å². The van der Waals surface area contributed by atoms with Crippen molar-refractivity contribution < 1.29 is 4.74 Å². The normalized spacial score (nSPS) is 21.1. The highest BCUT2D eigenvalue weighted by Gasteiger charge is 2.44. The zero-order valence-electron chi connectivity index (χ0n) is 11.9. The molecule has 0 aromatic heterocycles. The van der Waals surface area contributed by atoms with Crippen LogP contribution >= 0.6 is 0 Å². The Morgan fingerprint density at radius 2 is 1.44 bits per heavy atom. The summed E-state index contributed by atoms with van der Waals surface area (Å²) in [5, 5.41) is 0. The van der Waals surface area contributed by atoms with Gasteiger partial charge in [0.2, 0.25) is 0 Å². The minimum absolute atomic E-state index is 0.0729. The van der Waals surface area contributed by atoms with Crippen molar-refractivity contribution in [1.29, 1.82) is 0 Å². The van der Waals surface area contributed by atoms with Crippen LogP contribution in [0.2, 0.25) is 0 Å². The van der Waals surface area contributed by atoms with Crippen molar-refractivity contribution >= 4 is 0 Å². The molecule has 16 heavy (non-hydrogen) atoms. The van der Waals surface area contributed by atoms with Crippen molar-refractivity contribution in [3.63, 3.8) is 0 Å². The molecule has 0 amide bonds. The summed E-state index contributed by atoms with van der Waals surface area (Å²) >= 11 is 0. The van der Waals surface area contributed by atoms with Crippen LogP contribution in [0.1, 0.15) is 67.2 Å². The van der Waals surface area contributed by atoms with E-state index in [9.17, 15) is 0 Å². The highest BCUT2D eigenvalue weighted by Crippen LogP contribution is 2.47. The van der Waals surface area contributed by atoms with E-state index in [0.29, 0.717) is 0 Å². The first-order valence-corrected chi connectivity index (χ1v) is 6.47. The Bertz CT molecular complexity index is 256. The quantitative estimate of drug-likeness (QED) is 0.617. The second-order valence-corrected chi connectivity index (χ2v) is 7.14. The van der Waals surface area contributed by atoms with Gasteiger partial charge in [0, 0.05) is 0 Å². The lowest BCUT2D eigenvalue weighted by atomic mass is 9.75. The molecular weight excluding hydrogens is 196 g/mol. The number of hydrogen-bond donors (Lipinski definition) is 0. The van der Waals surface area contributed by atoms with Crippen molar-refractivity contribution in [1.82, 2.24) is 0 Å². The van der Waals surface area contributed by atoms with Crippen molar-refractivity contribution in [2.75, 3.05) is 0 Å². The molecule has 0 aliphatic heterocycles. The first-order chi connectivity index (χ1) is 7.07. The van der Waals surface area contributed by atoms with Crippen LogP contribution in [0.15, 0.2) is 12.2 Å². The predicted molar refractivity (Wildman–Crippen MR) is 70.6 cm³/mol. The maximum Gasteiger partial charge on any atom is 0.0901 e. The van der Waals surface area contributed by atoms with Gasteiger partial charge in [-0.25, -0.2) is 0 Å². The maximum atomic E-state index is 6.38. The third-order valence-corrected chi connectivity index (χ3v) is 3.37. The van der Waals surface area contributed by atoms with E-state index in [2.05, 4.69) is 48.1 Å². The highest BCUT2D eigenvalue weighted by atomic mass is 16.5. The first kappa shape index (κ1) is 13.8. The van der Waals surface area contributed by atoms with Gasteiger partial charge in [-0.3, -0.25) is 0 Å². The standard InChI is InChI=1S/C15H28O/c1-12(13(2,3)4)15(10-8-9-11-15)16-14(5,6)7/h1,8-11H2,2-7H3. The van der Waals surface area contributed by atoms with Crippen LogP contribution in [-0.4, -0.2) is 11.2 Å². The van der Waals surface area contributed by atoms with Gasteiger partial charge >= 0.3 is 0 Å². The molecule has 1 aliphatic rings. The fraction of sp³-hybridized carbons (Fsp3) is 0.867. The summed E-state index contributed by atoms with van der Waals surface area (Å²) in [6.07, 6.45) is 4.82. The molecule has 0 unspecified atom stereocenters. The van der Waals surface area contributed by atoms with Gasteiger partial charge in [-0.05, 0) is 44.6 Å². The largest absolute Gasteiger partial charge is 0.365 e. The van der Waals surface area contributed by atoms with Crippen LogP contribution < -0.4 is 0 Å². The maximum absolute atomic E-state index is 6.38. The van der Waals surface area contributed by atoms with E-state index in [1.54, 1.807) is 0 Å². The molecule has 1 saturated carbocycles. The fourth-order valence-corrected chi connectivity index (χ4v) is 2.68. The Morgan fingerprint density at radius 3 is 1.75 bits per heavy atom. The Kier molecular flexibility index (Phi) is 3.59. The van der Waals surface area contributed by atoms with Crippen molar-refractivity contribution in [3.8, 4) is 0 Å². The molecule has 1 aliphatic carbocycles. The topological polar surface area (TPSA) is 9.23 Å². The molecule has 0 aromatic rings. The monoisotopic (exact) mass is 224 g/mol. The van der Waals surface area contributed by atoms with Gasteiger partial charge in [0.15, 0.2) is 0 Å². The molecular formula is C15H28O. The average Bonchev–Trinajstić information content (AvgIpc) is 2.48. The minimum Gasteiger partial charge on any atom is -0.365 e. The van der Waals surface area contributed by atoms with Crippen molar-refractivity contribution in [2.24, 2.45) is 5.41 Å². The molecule has 0 bridgehead atoms. The van der Waals surface area contributed by atoms with Gasteiger partial charge in [-0.15, -0.1) is 0 Å². The molecule has 0 aromatic carbocycles. The highest BCUT2D eigenvalue weighted by molar-refractivity contribution is 5.22. The van der Waals surface area contributed by atoms with E-state index in [0.717, 1.165) is 12.8 Å². The third kappa shape index (κ3) is 3.10. The molecule has 94 valence electrons. The summed E-state index contributed by atoms with van der Waals surface area (Å²) in [5.41, 5.74) is 1.25. The summed E-state index contributed by atoms with van der Waals surface area (Å²) in [4.78, 5) is 0. The van der Waals surface area contributed by atoms with Crippen LogP contribution in [0.3, 0.4) is 0 Å². The van der Waals surface area contributed by atoms with Crippen LogP contribution in [0, 0.1) is 5.41 Å². The molecule has 1 heteroatoms. The van der Waals surface area contributed by atoms with E-state index in [1.807, 2.05) is 0 Å². The van der Waals surface area contributed by atoms with E-state index >= 15 is 0 Å². The summed E-state index contributed by atoms with van der Waals surface area (Å²) in [6, 6.07) is 0. The fourth-order valence-electron chi connectivity index (χ4n) is 2.68. The number of ether oxygens (including phenoxy) is 1. The predicted octanol–water partition coefficient (Wildman–Crippen LogP) is 4.72. The van der Waals surface area contributed by atoms with E-state index < -0.39 is 0 Å². The summed E-state index contributed by atoms with van der Waals surface area (Å²) in [5.74, 6) is 0. The second kappa shape index (κ2) is 4.18. The van der Waals surface area contributed by atoms with Crippen LogP contribution in [-0.2, 0) is 4.74 Å². The summed E-state index contributed by atoms with van der Waals surface area (Å²) in [6.45, 7) is 17.5. The molecule has 1 nitrogen and oxygen atoms in total. The van der Waals surface area contributed by atoms with Crippen molar-refractivity contribution in [3.05, 3.63) is 12.2 Å². The smallest absolute Gasteiger partial charge is 0.0901 e. The Balaban J connectivity index is 2.94. The zero-order valence-corrected chi connectivity index (χ0v) is 11.9. The lowest BCUT2D eigenvalue weighted by Crippen LogP contribution is -2.42. The Hall–Kier alpha value is -0.300. The zero-order chi connectivity index (χ0) is 12.6. The van der Waals surface area contributed by atoms with Crippen LogP contribution in [0.4, 0.5) is 0 Å². The molecule has 0 heterocycles. The van der Waals surface area contributed by atoms with Gasteiger partial charge in [0.05, 0.1) is 11.2 Å². The van der Waals surface area contributed by atoms with Gasteiger partial charge in [-0.1, -0.05) is 40.2 Å². The van der Waals surface area contributed by atoms with Crippen LogP contribution in [0.5, 0.6) is 0 Å². The van der Waals surface area contributed by atoms with Gasteiger partial charge in [0.1, 0.15) is 0 Å². The molecule has 1 fully saturated rings. The lowest BCUT2D eigenvalue weighted by molar-refractivity contribution is -0.114. The lowest BCUT2D eigenvalue weighted by Gasteiger charge is -2.42. The third-order valence-electron chi connectivity index (χ3n) is 3.37. The summed E-state index contributed by atoms with van der Waals surface area (Å²) in [7, 11) is 0. The van der Waals surface area contributed by atoms with Gasteiger partial charge < -0.3 is 4.74 Å². The first-order valence-electron chi connectivity index (χ1n) is 6.47. The Labute approximate surface area is 101 Å². The minimum atomic E-state index is -0.0848. The van der Waals surface area contributed by atoms with Gasteiger partial charge in [-0.2, -0.15) is 0 Å². The summed E-state index contributed by atoms with van der Waals surface area (Å²) < 4.78 is 6.38. The number of rotatable bonds is 2. The van der Waals surface area contributed by atoms with E-state index in [-0.39, 0.29) is 16.6 Å². The molecule has 0 spiro atoms. The SMILES string of the molecule is C=C(C(C)(C)C)C1(OC(C)(C)C)CCCC1. The van der Waals surface area contributed by atoms with Gasteiger partial charge in [0.25, 0.3) is 0 Å².